The molecule has 2 unspecified atom stereocenters. The van der Waals surface area contributed by atoms with E-state index in [2.05, 4.69) is 13.8 Å². The van der Waals surface area contributed by atoms with Crippen molar-refractivity contribution in [3.8, 4) is 17.2 Å². The molecule has 6 aromatic rings. The van der Waals surface area contributed by atoms with Crippen LogP contribution in [0.25, 0.3) is 0 Å². The highest BCUT2D eigenvalue weighted by Crippen LogP contribution is 2.38. The molecule has 2 atom stereocenters. The molecule has 0 aliphatic rings. The number of carboxylic acid groups (broad SMARTS) is 5. The molecule has 3 N–H and O–H groups in total. The summed E-state index contributed by atoms with van der Waals surface area (Å²) in [6, 6.07) is 40.7. The molecule has 1 amide bonds. The number of benzene rings is 6. The number of carbonyl (C=O) groups excluding carboxylic acids is 5. The number of ether oxygens (including phenoxy) is 1. The van der Waals surface area contributed by atoms with E-state index < -0.39 is 41.2 Å². The van der Waals surface area contributed by atoms with Crippen LogP contribution in [0.15, 0.2) is 133 Å². The lowest BCUT2D eigenvalue weighted by molar-refractivity contribution is -0.320. The molecule has 0 aromatic heterocycles. The van der Waals surface area contributed by atoms with Crippen LogP contribution in [-0.4, -0.2) is 75.6 Å². The minimum Gasteiger partial charge on any atom is -0.872 e. The second-order valence-electron chi connectivity index (χ2n) is 29.4. The minimum absolute atomic E-state index is 0.00313. The molecule has 6 aromatic carbocycles. The van der Waals surface area contributed by atoms with Gasteiger partial charge in [-0.25, -0.2) is 19.8 Å². The number of aromatic carboxylic acids is 3. The molecule has 0 aliphatic carbocycles. The third-order valence-corrected chi connectivity index (χ3v) is 17.9. The maximum Gasteiger partial charge on any atom is 0.335 e. The van der Waals surface area contributed by atoms with Crippen molar-refractivity contribution in [3.05, 3.63) is 195 Å². The Hall–Kier alpha value is -9.08. The number of isocyanates is 1. The largest absolute Gasteiger partial charge is 0.872 e. The second-order valence-corrected chi connectivity index (χ2v) is 29.4. The van der Waals surface area contributed by atoms with Crippen molar-refractivity contribution >= 4 is 41.8 Å². The van der Waals surface area contributed by atoms with E-state index in [0.29, 0.717) is 35.4 Å². The van der Waals surface area contributed by atoms with Crippen molar-refractivity contribution in [2.45, 2.75) is 279 Å². The number of hydrogen-bond donors (Lipinski definition) is 3. The standard InChI is InChI=1S/C23H22O3.C20H32O2.C18H35NO3.C15H22O3.C11H14O3.CHNO/c1-15(17-9-5-3-6-10-17)19-13-20(22(24)21(14-19)23(25)26)16(2)18-11-7-4-8-12-18;1-2-3-4-5-6-7-8-9-10-11-12-14-18-15-13-16-19(17-18)20(21)22;1-3-5-6-7-8-9-10-11-12-13-17(20)19(15-4-2)16-14-18(21)22;1-14(2,3)9-7-10(13(17)18)12(16)11(8-9)15(4,5)6;1-8-5-4-6-9(7-8)14-11(2,3)10(12)13;2-1-3/h3-16,24H,1-2H3,(H,25,26);13,15-17H,2-12,14H2,1H3,(H,21,22);3-16H2,1-2H3,(H,21,22);7-8,16H,1-6H3,(H,17,18);4-7H,1-3H3,(H,12,13);2H/p-5. The third-order valence-electron chi connectivity index (χ3n) is 17.9. The average Bonchev–Trinajstić information content (AvgIpc) is 0.795. The molecule has 578 valence electrons. The first-order valence-electron chi connectivity index (χ1n) is 37.7. The van der Waals surface area contributed by atoms with Crippen molar-refractivity contribution in [1.29, 1.82) is 5.41 Å². The van der Waals surface area contributed by atoms with Gasteiger partial charge in [0, 0.05) is 43.7 Å². The predicted octanol–water partition coefficient (Wildman–Crippen LogP) is 16.8. The van der Waals surface area contributed by atoms with Gasteiger partial charge in [-0.05, 0) is 138 Å². The zero-order chi connectivity index (χ0) is 79.1. The maximum atomic E-state index is 12.8. The van der Waals surface area contributed by atoms with Crippen LogP contribution in [0.3, 0.4) is 0 Å². The topological polar surface area (TPSA) is 312 Å². The second kappa shape index (κ2) is 51.2. The molecule has 0 spiro atoms. The number of aryl methyl sites for hydroxylation is 2. The Morgan fingerprint density at radius 2 is 0.971 bits per heavy atom. The Balaban J connectivity index is 0.000000658. The fraction of sp³-hybridized carbons (Fsp3) is 0.511. The zero-order valence-corrected chi connectivity index (χ0v) is 65.4. The molecule has 105 heavy (non-hydrogen) atoms. The molecular weight excluding hydrogens is 1320 g/mol. The summed E-state index contributed by atoms with van der Waals surface area (Å²) in [7, 11) is 0. The SMILES string of the molecule is CC(C)(C)c1cc(C(=O)O)c([O-])c(C(C)(C)C)c1.CC(c1ccccc1)c1cc(C(=O)O)c([O-])c(C(C)c2ccccc2)c1.CCCCCCCCCCCC(=O)N(CCC)CCC(=O)[O-].CCCCCCCCCCCCCc1cccc(C(=O)[O-])c1.Cc1cccc(OC(C)(C)C(=O)[O-])c1.N=C=O. The number of unbranched alkanes of at least 4 members (excludes halogenated alkanes) is 18. The van der Waals surface area contributed by atoms with Crippen LogP contribution in [-0.2, 0) is 36.4 Å². The number of nitrogens with one attached hydrogen (secondary N) is 1. The minimum atomic E-state index is -1.30. The van der Waals surface area contributed by atoms with E-state index in [1.165, 1.54) is 135 Å². The normalized spacial score (nSPS) is 11.4. The van der Waals surface area contributed by atoms with Crippen LogP contribution in [0.2, 0.25) is 0 Å². The number of carbonyl (C=O) groups is 6. The smallest absolute Gasteiger partial charge is 0.335 e. The highest BCUT2D eigenvalue weighted by atomic mass is 16.5. The van der Waals surface area contributed by atoms with Gasteiger partial charge in [0.25, 0.3) is 0 Å². The molecule has 0 aliphatic heterocycles. The quantitative estimate of drug-likeness (QED) is 0.0185. The molecule has 6 rings (SSSR count). The first-order chi connectivity index (χ1) is 49.6. The van der Waals surface area contributed by atoms with Gasteiger partial charge < -0.3 is 59.8 Å². The summed E-state index contributed by atoms with van der Waals surface area (Å²) >= 11 is 0. The molecular formula is C88H121N2O15-5. The molecule has 17 nitrogen and oxygen atoms in total. The van der Waals surface area contributed by atoms with Crippen LogP contribution >= 0.6 is 0 Å². The fourth-order valence-corrected chi connectivity index (χ4v) is 11.5. The molecule has 0 heterocycles. The van der Waals surface area contributed by atoms with Gasteiger partial charge >= 0.3 is 11.9 Å². The summed E-state index contributed by atoms with van der Waals surface area (Å²) in [5.41, 5.74) is 5.17. The van der Waals surface area contributed by atoms with E-state index in [-0.39, 0.29) is 58.4 Å². The summed E-state index contributed by atoms with van der Waals surface area (Å²) in [6.45, 7) is 28.0. The third kappa shape index (κ3) is 38.5. The van der Waals surface area contributed by atoms with Gasteiger partial charge in [-0.2, -0.15) is 0 Å². The highest BCUT2D eigenvalue weighted by molar-refractivity contribution is 5.92. The van der Waals surface area contributed by atoms with E-state index in [1.54, 1.807) is 35.2 Å². The van der Waals surface area contributed by atoms with Gasteiger partial charge in [-0.15, -0.1) is 0 Å². The molecule has 0 bridgehead atoms. The Kier molecular flexibility index (Phi) is 45.8. The van der Waals surface area contributed by atoms with E-state index in [4.69, 9.17) is 20.0 Å². The summed E-state index contributed by atoms with van der Waals surface area (Å²) in [4.78, 5) is 76.9. The lowest BCUT2D eigenvalue weighted by Gasteiger charge is -2.31. The lowest BCUT2D eigenvalue weighted by atomic mass is 9.79. The van der Waals surface area contributed by atoms with Crippen LogP contribution < -0.4 is 30.3 Å². The van der Waals surface area contributed by atoms with Crippen LogP contribution in [0.1, 0.15) is 325 Å². The van der Waals surface area contributed by atoms with Gasteiger partial charge in [0.05, 0.1) is 23.1 Å². The zero-order valence-electron chi connectivity index (χ0n) is 65.4. The fourth-order valence-electron chi connectivity index (χ4n) is 11.5. The van der Waals surface area contributed by atoms with Gasteiger partial charge in [0.2, 0.25) is 12.0 Å². The summed E-state index contributed by atoms with van der Waals surface area (Å²) in [6.07, 6.45) is 28.9. The van der Waals surface area contributed by atoms with Gasteiger partial charge in [0.15, 0.2) is 0 Å². The van der Waals surface area contributed by atoms with Gasteiger partial charge in [0.1, 0.15) is 11.4 Å². The molecule has 0 saturated carbocycles. The lowest BCUT2D eigenvalue weighted by Crippen LogP contribution is -2.47. The van der Waals surface area contributed by atoms with Gasteiger partial charge in [-0.1, -0.05) is 306 Å². The van der Waals surface area contributed by atoms with Crippen LogP contribution in [0.4, 0.5) is 0 Å². The summed E-state index contributed by atoms with van der Waals surface area (Å²) in [5, 5.41) is 81.0. The number of hydrogen-bond acceptors (Lipinski definition) is 14. The summed E-state index contributed by atoms with van der Waals surface area (Å²) < 4.78 is 5.28. The average molecular weight is 1450 g/mol. The Morgan fingerprint density at radius 3 is 1.41 bits per heavy atom. The van der Waals surface area contributed by atoms with Gasteiger partial charge in [-0.3, -0.25) is 4.79 Å². The van der Waals surface area contributed by atoms with E-state index >= 15 is 0 Å². The first kappa shape index (κ1) is 93.9. The number of amides is 1. The molecule has 0 saturated heterocycles. The highest BCUT2D eigenvalue weighted by Gasteiger charge is 2.25. The predicted molar refractivity (Wildman–Crippen MR) is 410 cm³/mol. The van der Waals surface area contributed by atoms with Crippen LogP contribution in [0.5, 0.6) is 17.2 Å². The maximum absolute atomic E-state index is 12.8. The monoisotopic (exact) mass is 1450 g/mol. The molecule has 0 radical (unpaired) electrons. The first-order valence-corrected chi connectivity index (χ1v) is 37.7. The number of aliphatic carboxylic acids is 2. The van der Waals surface area contributed by atoms with E-state index in [9.17, 15) is 59.4 Å². The number of nitrogens with zero attached hydrogens (tertiary/aromatic N) is 1. The van der Waals surface area contributed by atoms with Crippen molar-refractivity contribution in [2.75, 3.05) is 13.1 Å². The van der Waals surface area contributed by atoms with Crippen molar-refractivity contribution in [2.24, 2.45) is 0 Å². The van der Waals surface area contributed by atoms with Crippen molar-refractivity contribution < 1.29 is 74.0 Å². The van der Waals surface area contributed by atoms with E-state index in [1.807, 2.05) is 160 Å². The van der Waals surface area contributed by atoms with Crippen molar-refractivity contribution in [1.82, 2.24) is 4.90 Å². The molecule has 17 heteroatoms. The Bertz CT molecular complexity index is 3550. The Morgan fingerprint density at radius 1 is 0.505 bits per heavy atom. The Labute approximate surface area is 627 Å². The number of rotatable bonds is 37. The van der Waals surface area contributed by atoms with Crippen LogP contribution in [0, 0.1) is 12.3 Å². The van der Waals surface area contributed by atoms with Crippen molar-refractivity contribution in [3.63, 3.8) is 0 Å². The summed E-state index contributed by atoms with van der Waals surface area (Å²) in [5.74, 6) is -6.06. The van der Waals surface area contributed by atoms with E-state index in [0.717, 1.165) is 71.6 Å². The number of carboxylic acids is 5. The molecule has 0 fully saturated rings.